The van der Waals surface area contributed by atoms with E-state index in [0.29, 0.717) is 19.6 Å². The largest absolute Gasteiger partial charge is 0.383 e. The number of amides is 1. The minimum Gasteiger partial charge on any atom is -0.383 e. The van der Waals surface area contributed by atoms with Gasteiger partial charge in [0.15, 0.2) is 0 Å². The molecule has 1 fully saturated rings. The third kappa shape index (κ3) is 6.66. The van der Waals surface area contributed by atoms with Crippen LogP contribution in [-0.2, 0) is 9.53 Å². The Hall–Kier alpha value is 0.130. The number of carbonyl (C=O) groups is 1. The number of rotatable bonds is 8. The summed E-state index contributed by atoms with van der Waals surface area (Å²) in [7, 11) is 5.64. The van der Waals surface area contributed by atoms with Crippen LogP contribution in [0.3, 0.4) is 0 Å². The lowest BCUT2D eigenvalue weighted by atomic mass is 10.1. The molecule has 1 aliphatic heterocycles. The molecular weight excluding hydrogens is 242 g/mol. The quantitative estimate of drug-likeness (QED) is 0.539. The molecule has 0 radical (unpaired) electrons. The maximum absolute atomic E-state index is 11.3. The van der Waals surface area contributed by atoms with Crippen molar-refractivity contribution in [2.75, 3.05) is 26.0 Å². The normalized spacial score (nSPS) is 19.9. The Morgan fingerprint density at radius 1 is 1.50 bits per heavy atom. The van der Waals surface area contributed by atoms with Crippen molar-refractivity contribution >= 4 is 27.5 Å². The second-order valence-corrected chi connectivity index (χ2v) is 6.70. The first-order valence-electron chi connectivity index (χ1n) is 5.87. The molecule has 0 aliphatic carbocycles. The molecule has 0 aromatic heterocycles. The summed E-state index contributed by atoms with van der Waals surface area (Å²) in [6.45, 7) is 1.23. The van der Waals surface area contributed by atoms with Crippen LogP contribution in [0.1, 0.15) is 32.1 Å². The highest BCUT2D eigenvalue weighted by Gasteiger charge is 2.15. The van der Waals surface area contributed by atoms with Gasteiger partial charge in [0.25, 0.3) is 0 Å². The van der Waals surface area contributed by atoms with Crippen LogP contribution in [0.4, 0.5) is 0 Å². The van der Waals surface area contributed by atoms with Gasteiger partial charge in [0.1, 0.15) is 0 Å². The maximum Gasteiger partial charge on any atom is 0.220 e. The fourth-order valence-corrected chi connectivity index (χ4v) is 4.63. The molecule has 1 amide bonds. The van der Waals surface area contributed by atoms with E-state index in [1.165, 1.54) is 25.0 Å². The van der Waals surface area contributed by atoms with Crippen LogP contribution in [-0.4, -0.2) is 37.2 Å². The summed E-state index contributed by atoms with van der Waals surface area (Å²) in [5.74, 6) is 1.46. The molecule has 94 valence electrons. The number of carbonyl (C=O) groups excluding carboxylic acids is 1. The number of methoxy groups -OCH3 is 1. The van der Waals surface area contributed by atoms with Gasteiger partial charge in [-0.3, -0.25) is 4.79 Å². The van der Waals surface area contributed by atoms with Gasteiger partial charge in [-0.2, -0.15) is 0 Å². The first-order valence-corrected chi connectivity index (χ1v) is 8.25. The average Bonchev–Trinajstić information content (AvgIpc) is 2.78. The van der Waals surface area contributed by atoms with Crippen molar-refractivity contribution in [3.8, 4) is 0 Å². The van der Waals surface area contributed by atoms with E-state index in [9.17, 15) is 4.79 Å². The molecule has 16 heavy (non-hydrogen) atoms. The summed E-state index contributed by atoms with van der Waals surface area (Å²) < 4.78 is 4.87. The van der Waals surface area contributed by atoms with Crippen LogP contribution in [0, 0.1) is 0 Å². The van der Waals surface area contributed by atoms with E-state index in [0.717, 1.165) is 11.7 Å². The SMILES string of the molecule is COCCNC(=O)CCCC[C@@H]1CCSS1. The van der Waals surface area contributed by atoms with Crippen molar-refractivity contribution in [2.45, 2.75) is 37.4 Å². The van der Waals surface area contributed by atoms with Gasteiger partial charge < -0.3 is 10.1 Å². The van der Waals surface area contributed by atoms with Crippen LogP contribution in [0.25, 0.3) is 0 Å². The van der Waals surface area contributed by atoms with Crippen LogP contribution in [0.2, 0.25) is 0 Å². The third-order valence-corrected chi connectivity index (χ3v) is 5.54. The minimum absolute atomic E-state index is 0.158. The topological polar surface area (TPSA) is 38.3 Å². The molecule has 5 heteroatoms. The Morgan fingerprint density at radius 2 is 2.38 bits per heavy atom. The zero-order valence-electron chi connectivity index (χ0n) is 9.87. The molecule has 1 heterocycles. The zero-order valence-corrected chi connectivity index (χ0v) is 11.5. The molecule has 0 spiro atoms. The van der Waals surface area contributed by atoms with Crippen molar-refractivity contribution in [3.63, 3.8) is 0 Å². The van der Waals surface area contributed by atoms with Crippen molar-refractivity contribution < 1.29 is 9.53 Å². The molecule has 1 saturated heterocycles. The highest BCUT2D eigenvalue weighted by atomic mass is 33.1. The van der Waals surface area contributed by atoms with Crippen LogP contribution in [0.15, 0.2) is 0 Å². The highest BCUT2D eigenvalue weighted by molar-refractivity contribution is 8.77. The van der Waals surface area contributed by atoms with Crippen molar-refractivity contribution in [1.82, 2.24) is 5.32 Å². The van der Waals surface area contributed by atoms with E-state index < -0.39 is 0 Å². The summed E-state index contributed by atoms with van der Waals surface area (Å²) in [6, 6.07) is 0. The Balaban J connectivity index is 1.87. The number of ether oxygens (including phenoxy) is 1. The predicted octanol–water partition coefficient (Wildman–Crippen LogP) is 2.46. The van der Waals surface area contributed by atoms with Gasteiger partial charge in [-0.05, 0) is 19.3 Å². The molecule has 0 saturated carbocycles. The standard InChI is InChI=1S/C11H21NO2S2/c1-14-8-7-12-11(13)5-3-2-4-10-6-9-15-16-10/h10H,2-9H2,1H3,(H,12,13)/t10-/m1/s1. The first-order chi connectivity index (χ1) is 7.83. The van der Waals surface area contributed by atoms with Gasteiger partial charge in [-0.1, -0.05) is 28.0 Å². The summed E-state index contributed by atoms with van der Waals surface area (Å²) in [6.07, 6.45) is 5.46. The second-order valence-electron chi connectivity index (χ2n) is 3.92. The smallest absolute Gasteiger partial charge is 0.220 e. The van der Waals surface area contributed by atoms with Crippen molar-refractivity contribution in [3.05, 3.63) is 0 Å². The highest BCUT2D eigenvalue weighted by Crippen LogP contribution is 2.39. The van der Waals surface area contributed by atoms with E-state index in [4.69, 9.17) is 4.74 Å². The van der Waals surface area contributed by atoms with Gasteiger partial charge in [-0.25, -0.2) is 0 Å². The van der Waals surface area contributed by atoms with Crippen LogP contribution >= 0.6 is 21.6 Å². The number of unbranched alkanes of at least 4 members (excludes halogenated alkanes) is 1. The number of nitrogens with one attached hydrogen (secondary N) is 1. The molecule has 1 rings (SSSR count). The summed E-state index contributed by atoms with van der Waals surface area (Å²) in [5, 5.41) is 3.67. The van der Waals surface area contributed by atoms with E-state index in [1.54, 1.807) is 7.11 Å². The number of hydrogen-bond acceptors (Lipinski definition) is 4. The molecule has 0 aromatic rings. The Kier molecular flexibility index (Phi) is 8.15. The van der Waals surface area contributed by atoms with Gasteiger partial charge in [0.05, 0.1) is 6.61 Å². The Bertz CT molecular complexity index is 196. The zero-order chi connectivity index (χ0) is 11.6. The molecule has 1 aliphatic rings. The molecule has 1 N–H and O–H groups in total. The first kappa shape index (κ1) is 14.2. The van der Waals surface area contributed by atoms with E-state index in [-0.39, 0.29) is 5.91 Å². The molecule has 0 aromatic carbocycles. The van der Waals surface area contributed by atoms with E-state index in [2.05, 4.69) is 5.32 Å². The lowest BCUT2D eigenvalue weighted by molar-refractivity contribution is -0.121. The molecule has 1 atom stereocenters. The van der Waals surface area contributed by atoms with Gasteiger partial charge in [0.2, 0.25) is 5.91 Å². The summed E-state index contributed by atoms with van der Waals surface area (Å²) >= 11 is 0. The molecule has 0 bridgehead atoms. The molecule has 3 nitrogen and oxygen atoms in total. The molecular formula is C11H21NO2S2. The minimum atomic E-state index is 0.158. The van der Waals surface area contributed by atoms with E-state index in [1.807, 2.05) is 21.6 Å². The lowest BCUT2D eigenvalue weighted by Crippen LogP contribution is -2.26. The third-order valence-electron chi connectivity index (χ3n) is 2.54. The van der Waals surface area contributed by atoms with Crippen molar-refractivity contribution in [2.24, 2.45) is 0 Å². The van der Waals surface area contributed by atoms with E-state index >= 15 is 0 Å². The maximum atomic E-state index is 11.3. The second kappa shape index (κ2) is 9.19. The summed E-state index contributed by atoms with van der Waals surface area (Å²) in [4.78, 5) is 11.3. The molecule has 0 unspecified atom stereocenters. The monoisotopic (exact) mass is 263 g/mol. The van der Waals surface area contributed by atoms with Gasteiger partial charge in [0, 0.05) is 31.1 Å². The fraction of sp³-hybridized carbons (Fsp3) is 0.909. The fourth-order valence-electron chi connectivity index (χ4n) is 1.60. The van der Waals surface area contributed by atoms with Crippen LogP contribution in [0.5, 0.6) is 0 Å². The predicted molar refractivity (Wildman–Crippen MR) is 71.8 cm³/mol. The Labute approximate surface area is 106 Å². The lowest BCUT2D eigenvalue weighted by Gasteiger charge is -2.07. The van der Waals surface area contributed by atoms with Gasteiger partial charge >= 0.3 is 0 Å². The Morgan fingerprint density at radius 3 is 3.06 bits per heavy atom. The van der Waals surface area contributed by atoms with Gasteiger partial charge in [-0.15, -0.1) is 0 Å². The van der Waals surface area contributed by atoms with Crippen LogP contribution < -0.4 is 5.32 Å². The average molecular weight is 263 g/mol. The number of hydrogen-bond donors (Lipinski definition) is 1. The van der Waals surface area contributed by atoms with Crippen molar-refractivity contribution in [1.29, 1.82) is 0 Å². The summed E-state index contributed by atoms with van der Waals surface area (Å²) in [5.41, 5.74) is 0.